The fourth-order valence-electron chi connectivity index (χ4n) is 1.85. The average Bonchev–Trinajstić information content (AvgIpc) is 2.45. The Bertz CT molecular complexity index is 555. The molecule has 2 aromatic rings. The Labute approximate surface area is 113 Å². The van der Waals surface area contributed by atoms with Gasteiger partial charge in [-0.15, -0.1) is 0 Å². The van der Waals surface area contributed by atoms with Crippen LogP contribution < -0.4 is 10.1 Å². The Kier molecular flexibility index (Phi) is 4.34. The molecule has 0 radical (unpaired) electrons. The molecular weight excluding hydrogens is 238 g/mol. The summed E-state index contributed by atoms with van der Waals surface area (Å²) in [4.78, 5) is 8.75. The molecule has 0 fully saturated rings. The fourth-order valence-corrected chi connectivity index (χ4v) is 1.85. The Morgan fingerprint density at radius 3 is 2.84 bits per heavy atom. The van der Waals surface area contributed by atoms with E-state index in [1.165, 1.54) is 5.56 Å². The van der Waals surface area contributed by atoms with Crippen molar-refractivity contribution in [3.05, 3.63) is 36.0 Å². The molecule has 1 N–H and O–H groups in total. The van der Waals surface area contributed by atoms with Crippen LogP contribution in [-0.2, 0) is 0 Å². The van der Waals surface area contributed by atoms with Crippen molar-refractivity contribution in [3.63, 3.8) is 0 Å². The second-order valence-corrected chi connectivity index (χ2v) is 4.40. The molecule has 0 saturated heterocycles. The van der Waals surface area contributed by atoms with Crippen LogP contribution in [0, 0.1) is 6.92 Å². The van der Waals surface area contributed by atoms with Gasteiger partial charge in [0.15, 0.2) is 0 Å². The third kappa shape index (κ3) is 3.22. The molecule has 0 spiro atoms. The van der Waals surface area contributed by atoms with Crippen molar-refractivity contribution in [2.45, 2.75) is 20.3 Å². The van der Waals surface area contributed by atoms with E-state index in [1.54, 1.807) is 13.3 Å². The van der Waals surface area contributed by atoms with E-state index in [0.29, 0.717) is 5.95 Å². The number of aromatic nitrogens is 2. The van der Waals surface area contributed by atoms with Crippen molar-refractivity contribution in [2.24, 2.45) is 0 Å². The van der Waals surface area contributed by atoms with E-state index in [0.717, 1.165) is 30.0 Å². The number of nitrogens with zero attached hydrogens (tertiary/aromatic N) is 2. The number of rotatable bonds is 5. The summed E-state index contributed by atoms with van der Waals surface area (Å²) in [7, 11) is 1.67. The molecule has 0 unspecified atom stereocenters. The van der Waals surface area contributed by atoms with Crippen molar-refractivity contribution >= 4 is 5.95 Å². The van der Waals surface area contributed by atoms with Gasteiger partial charge in [-0.3, -0.25) is 0 Å². The zero-order valence-electron chi connectivity index (χ0n) is 11.6. The van der Waals surface area contributed by atoms with Crippen molar-refractivity contribution in [2.75, 3.05) is 19.0 Å². The standard InChI is InChI=1S/C15H19N3O/c1-4-8-16-15-17-9-7-13(18-15)12-10-11(2)5-6-14(12)19-3/h5-7,9-10H,4,8H2,1-3H3,(H,16,17,18). The first-order chi connectivity index (χ1) is 9.24. The first-order valence-corrected chi connectivity index (χ1v) is 6.46. The molecule has 0 aliphatic rings. The van der Waals surface area contributed by atoms with Crippen molar-refractivity contribution in [1.29, 1.82) is 0 Å². The SMILES string of the molecule is CCCNc1nccc(-c2cc(C)ccc2OC)n1. The Morgan fingerprint density at radius 2 is 2.11 bits per heavy atom. The minimum absolute atomic E-state index is 0.655. The Balaban J connectivity index is 2.38. The van der Waals surface area contributed by atoms with Gasteiger partial charge in [0.1, 0.15) is 5.75 Å². The van der Waals surface area contributed by atoms with Crippen LogP contribution in [0.4, 0.5) is 5.95 Å². The molecule has 4 nitrogen and oxygen atoms in total. The predicted octanol–water partition coefficient (Wildman–Crippen LogP) is 3.28. The van der Waals surface area contributed by atoms with Crippen LogP contribution in [0.25, 0.3) is 11.3 Å². The summed E-state index contributed by atoms with van der Waals surface area (Å²) in [6.07, 6.45) is 2.81. The van der Waals surface area contributed by atoms with Crippen LogP contribution in [-0.4, -0.2) is 23.6 Å². The zero-order valence-corrected chi connectivity index (χ0v) is 11.6. The molecule has 1 heterocycles. The van der Waals surface area contributed by atoms with Gasteiger partial charge in [-0.05, 0) is 31.5 Å². The number of hydrogen-bond acceptors (Lipinski definition) is 4. The number of methoxy groups -OCH3 is 1. The molecule has 0 bridgehead atoms. The fraction of sp³-hybridized carbons (Fsp3) is 0.333. The van der Waals surface area contributed by atoms with Crippen molar-refractivity contribution in [1.82, 2.24) is 9.97 Å². The van der Waals surface area contributed by atoms with Crippen LogP contribution in [0.15, 0.2) is 30.5 Å². The maximum absolute atomic E-state index is 5.39. The van der Waals surface area contributed by atoms with Gasteiger partial charge in [-0.2, -0.15) is 0 Å². The molecule has 0 saturated carbocycles. The van der Waals surface area contributed by atoms with Crippen LogP contribution >= 0.6 is 0 Å². The van der Waals surface area contributed by atoms with E-state index in [9.17, 15) is 0 Å². The molecule has 100 valence electrons. The first kappa shape index (κ1) is 13.3. The van der Waals surface area contributed by atoms with Crippen LogP contribution in [0.5, 0.6) is 5.75 Å². The summed E-state index contributed by atoms with van der Waals surface area (Å²) < 4.78 is 5.39. The number of ether oxygens (including phenoxy) is 1. The maximum Gasteiger partial charge on any atom is 0.223 e. The summed E-state index contributed by atoms with van der Waals surface area (Å²) >= 11 is 0. The van der Waals surface area contributed by atoms with E-state index in [-0.39, 0.29) is 0 Å². The van der Waals surface area contributed by atoms with Gasteiger partial charge < -0.3 is 10.1 Å². The molecule has 19 heavy (non-hydrogen) atoms. The van der Waals surface area contributed by atoms with Crippen LogP contribution in [0.2, 0.25) is 0 Å². The molecule has 4 heteroatoms. The van der Waals surface area contributed by atoms with Gasteiger partial charge in [0, 0.05) is 18.3 Å². The van der Waals surface area contributed by atoms with Gasteiger partial charge in [-0.25, -0.2) is 9.97 Å². The second kappa shape index (κ2) is 6.18. The van der Waals surface area contributed by atoms with Crippen LogP contribution in [0.1, 0.15) is 18.9 Å². The highest BCUT2D eigenvalue weighted by atomic mass is 16.5. The van der Waals surface area contributed by atoms with Gasteiger partial charge >= 0.3 is 0 Å². The summed E-state index contributed by atoms with van der Waals surface area (Å²) in [6, 6.07) is 7.96. The smallest absolute Gasteiger partial charge is 0.223 e. The normalized spacial score (nSPS) is 10.3. The average molecular weight is 257 g/mol. The molecule has 2 rings (SSSR count). The maximum atomic E-state index is 5.39. The number of benzene rings is 1. The summed E-state index contributed by atoms with van der Waals surface area (Å²) in [6.45, 7) is 5.04. The minimum atomic E-state index is 0.655. The number of aryl methyl sites for hydroxylation is 1. The van der Waals surface area contributed by atoms with E-state index in [1.807, 2.05) is 18.2 Å². The first-order valence-electron chi connectivity index (χ1n) is 6.46. The minimum Gasteiger partial charge on any atom is -0.496 e. The van der Waals surface area contributed by atoms with Gasteiger partial charge in [0.2, 0.25) is 5.95 Å². The predicted molar refractivity (Wildman–Crippen MR) is 77.5 cm³/mol. The largest absolute Gasteiger partial charge is 0.496 e. The number of anilines is 1. The molecule has 0 atom stereocenters. The Hall–Kier alpha value is -2.10. The highest BCUT2D eigenvalue weighted by Gasteiger charge is 2.08. The monoisotopic (exact) mass is 257 g/mol. The topological polar surface area (TPSA) is 47.0 Å². The molecule has 0 amide bonds. The molecule has 1 aromatic carbocycles. The Morgan fingerprint density at radius 1 is 1.26 bits per heavy atom. The van der Waals surface area contributed by atoms with Gasteiger partial charge in [0.05, 0.1) is 12.8 Å². The lowest BCUT2D eigenvalue weighted by Gasteiger charge is -2.10. The lowest BCUT2D eigenvalue weighted by atomic mass is 10.1. The lowest BCUT2D eigenvalue weighted by molar-refractivity contribution is 0.416. The van der Waals surface area contributed by atoms with E-state index in [2.05, 4.69) is 35.2 Å². The van der Waals surface area contributed by atoms with E-state index < -0.39 is 0 Å². The van der Waals surface area contributed by atoms with Crippen molar-refractivity contribution < 1.29 is 4.74 Å². The third-order valence-corrected chi connectivity index (χ3v) is 2.82. The lowest BCUT2D eigenvalue weighted by Crippen LogP contribution is -2.04. The number of hydrogen-bond donors (Lipinski definition) is 1. The van der Waals surface area contributed by atoms with Crippen molar-refractivity contribution in [3.8, 4) is 17.0 Å². The number of nitrogens with one attached hydrogen (secondary N) is 1. The molecule has 0 aliphatic heterocycles. The summed E-state index contributed by atoms with van der Waals surface area (Å²) in [5, 5.41) is 3.19. The highest BCUT2D eigenvalue weighted by Crippen LogP contribution is 2.29. The zero-order chi connectivity index (χ0) is 13.7. The van der Waals surface area contributed by atoms with Crippen LogP contribution in [0.3, 0.4) is 0 Å². The van der Waals surface area contributed by atoms with E-state index in [4.69, 9.17) is 4.74 Å². The highest BCUT2D eigenvalue weighted by molar-refractivity contribution is 5.68. The van der Waals surface area contributed by atoms with Gasteiger partial charge in [-0.1, -0.05) is 18.6 Å². The molecule has 0 aliphatic carbocycles. The molecule has 1 aromatic heterocycles. The third-order valence-electron chi connectivity index (χ3n) is 2.82. The van der Waals surface area contributed by atoms with E-state index >= 15 is 0 Å². The quantitative estimate of drug-likeness (QED) is 0.893. The summed E-state index contributed by atoms with van der Waals surface area (Å²) in [5.41, 5.74) is 3.04. The molecular formula is C15H19N3O. The second-order valence-electron chi connectivity index (χ2n) is 4.40. The van der Waals surface area contributed by atoms with Gasteiger partial charge in [0.25, 0.3) is 0 Å². The summed E-state index contributed by atoms with van der Waals surface area (Å²) in [5.74, 6) is 1.48.